The van der Waals surface area contributed by atoms with Crippen LogP contribution in [0.4, 0.5) is 5.69 Å². The van der Waals surface area contributed by atoms with E-state index in [1.807, 2.05) is 24.9 Å². The highest BCUT2D eigenvalue weighted by Crippen LogP contribution is 2.25. The van der Waals surface area contributed by atoms with E-state index in [9.17, 15) is 9.90 Å². The van der Waals surface area contributed by atoms with Crippen LogP contribution in [-0.2, 0) is 0 Å². The van der Waals surface area contributed by atoms with Crippen LogP contribution >= 0.6 is 11.6 Å². The van der Waals surface area contributed by atoms with Crippen molar-refractivity contribution in [2.45, 2.75) is 19.4 Å². The van der Waals surface area contributed by atoms with Gasteiger partial charge in [-0.15, -0.1) is 0 Å². The second kappa shape index (κ2) is 6.22. The maximum absolute atomic E-state index is 12.7. The molecule has 0 saturated carbocycles. The Morgan fingerprint density at radius 3 is 2.48 bits per heavy atom. The lowest BCUT2D eigenvalue weighted by Gasteiger charge is -2.27. The Bertz CT molecular complexity index is 915. The van der Waals surface area contributed by atoms with Gasteiger partial charge in [0.2, 0.25) is 5.43 Å². The summed E-state index contributed by atoms with van der Waals surface area (Å²) in [5.74, 6) is 0. The molecule has 0 aliphatic carbocycles. The van der Waals surface area contributed by atoms with Gasteiger partial charge in [-0.25, -0.2) is 0 Å². The van der Waals surface area contributed by atoms with Crippen molar-refractivity contribution in [3.63, 3.8) is 0 Å². The third kappa shape index (κ3) is 2.80. The lowest BCUT2D eigenvalue weighted by Crippen LogP contribution is -2.34. The molecule has 0 radical (unpaired) electrons. The maximum atomic E-state index is 12.7. The van der Waals surface area contributed by atoms with E-state index in [2.05, 4.69) is 0 Å². The molecule has 5 heteroatoms. The zero-order chi connectivity index (χ0) is 16.6. The van der Waals surface area contributed by atoms with E-state index in [0.717, 1.165) is 12.1 Å². The van der Waals surface area contributed by atoms with Gasteiger partial charge < -0.3 is 14.4 Å². The topological polar surface area (TPSA) is 53.7 Å². The van der Waals surface area contributed by atoms with Gasteiger partial charge in [-0.05, 0) is 42.8 Å². The zero-order valence-electron chi connectivity index (χ0n) is 13.0. The highest BCUT2D eigenvalue weighted by molar-refractivity contribution is 6.31. The number of fused-ring (bicyclic) bond motifs is 2. The van der Waals surface area contributed by atoms with Gasteiger partial charge >= 0.3 is 0 Å². The summed E-state index contributed by atoms with van der Waals surface area (Å²) >= 11 is 5.99. The van der Waals surface area contributed by atoms with Crippen molar-refractivity contribution in [2.24, 2.45) is 0 Å². The lowest BCUT2D eigenvalue weighted by molar-refractivity contribution is 0.259. The molecule has 0 unspecified atom stereocenters. The van der Waals surface area contributed by atoms with Crippen molar-refractivity contribution in [2.75, 3.05) is 18.6 Å². The summed E-state index contributed by atoms with van der Waals surface area (Å²) in [5.41, 5.74) is 1.83. The van der Waals surface area contributed by atoms with Gasteiger partial charge in [0.25, 0.3) is 0 Å². The summed E-state index contributed by atoms with van der Waals surface area (Å²) in [6.45, 7) is 2.08. The van der Waals surface area contributed by atoms with Crippen LogP contribution < -0.4 is 10.3 Å². The molecule has 3 aromatic rings. The normalized spacial score (nSPS) is 12.7. The minimum Gasteiger partial charge on any atom is -0.456 e. The molecule has 0 aliphatic heterocycles. The quantitative estimate of drug-likeness (QED) is 0.739. The number of rotatable bonds is 4. The first-order chi connectivity index (χ1) is 11.0. The van der Waals surface area contributed by atoms with Crippen molar-refractivity contribution in [1.82, 2.24) is 0 Å². The number of anilines is 1. The van der Waals surface area contributed by atoms with Crippen molar-refractivity contribution in [1.29, 1.82) is 0 Å². The van der Waals surface area contributed by atoms with E-state index in [0.29, 0.717) is 27.0 Å². The number of aliphatic hydroxyl groups excluding tert-OH is 1. The monoisotopic (exact) mass is 331 g/mol. The Hall–Kier alpha value is -2.04. The van der Waals surface area contributed by atoms with Crippen LogP contribution in [0.5, 0.6) is 0 Å². The third-order valence-corrected chi connectivity index (χ3v) is 4.49. The molecule has 1 aromatic heterocycles. The number of likely N-dealkylation sites (N-methyl/N-ethyl adjacent to an activating group) is 1. The lowest BCUT2D eigenvalue weighted by atomic mass is 10.1. The average molecular weight is 332 g/mol. The van der Waals surface area contributed by atoms with Crippen LogP contribution in [0.15, 0.2) is 45.6 Å². The average Bonchev–Trinajstić information content (AvgIpc) is 2.56. The van der Waals surface area contributed by atoms with Crippen LogP contribution in [0.3, 0.4) is 0 Å². The number of nitrogens with zero attached hydrogens (tertiary/aromatic N) is 1. The molecule has 0 amide bonds. The molecule has 1 heterocycles. The van der Waals surface area contributed by atoms with Crippen LogP contribution in [0.2, 0.25) is 5.02 Å². The number of benzene rings is 2. The Morgan fingerprint density at radius 1 is 1.17 bits per heavy atom. The summed E-state index contributed by atoms with van der Waals surface area (Å²) in [6, 6.07) is 10.5. The standard InChI is InChI=1S/C18H18ClNO3/c1-3-12(10-21)20(2)13-5-7-17-15(9-13)18(22)14-8-11(19)4-6-16(14)23-17/h4-9,12,21H,3,10H2,1-2H3/t12-/m0/s1. The molecule has 120 valence electrons. The molecule has 3 rings (SSSR count). The first-order valence-electron chi connectivity index (χ1n) is 7.55. The summed E-state index contributed by atoms with van der Waals surface area (Å²) in [7, 11) is 1.91. The van der Waals surface area contributed by atoms with Gasteiger partial charge in [0.1, 0.15) is 11.2 Å². The van der Waals surface area contributed by atoms with Crippen molar-refractivity contribution >= 4 is 39.2 Å². The molecule has 0 aliphatic rings. The van der Waals surface area contributed by atoms with Crippen molar-refractivity contribution in [3.05, 3.63) is 51.6 Å². The largest absolute Gasteiger partial charge is 0.456 e. The second-order valence-corrected chi connectivity index (χ2v) is 6.04. The summed E-state index contributed by atoms with van der Waals surface area (Å²) in [4.78, 5) is 14.7. The molecule has 0 saturated heterocycles. The molecular formula is C18H18ClNO3. The van der Waals surface area contributed by atoms with Gasteiger partial charge in [0.05, 0.1) is 23.4 Å². The Labute approximate surface area is 138 Å². The smallest absolute Gasteiger partial charge is 0.200 e. The van der Waals surface area contributed by atoms with Crippen LogP contribution in [0.25, 0.3) is 21.9 Å². The van der Waals surface area contributed by atoms with Crippen LogP contribution in [0, 0.1) is 0 Å². The highest BCUT2D eigenvalue weighted by Gasteiger charge is 2.15. The Kier molecular flexibility index (Phi) is 4.28. The number of hydrogen-bond acceptors (Lipinski definition) is 4. The fraction of sp³-hybridized carbons (Fsp3) is 0.278. The van der Waals surface area contributed by atoms with Crippen molar-refractivity contribution < 1.29 is 9.52 Å². The van der Waals surface area contributed by atoms with E-state index < -0.39 is 0 Å². The van der Waals surface area contributed by atoms with Gasteiger partial charge in [0, 0.05) is 17.8 Å². The second-order valence-electron chi connectivity index (χ2n) is 5.61. The van der Waals surface area contributed by atoms with E-state index >= 15 is 0 Å². The minimum atomic E-state index is -0.101. The summed E-state index contributed by atoms with van der Waals surface area (Å²) in [6.07, 6.45) is 0.812. The number of halogens is 1. The Balaban J connectivity index is 2.21. The van der Waals surface area contributed by atoms with E-state index in [1.54, 1.807) is 30.3 Å². The third-order valence-electron chi connectivity index (χ3n) is 4.25. The molecule has 0 bridgehead atoms. The molecule has 0 spiro atoms. The molecule has 23 heavy (non-hydrogen) atoms. The maximum Gasteiger partial charge on any atom is 0.200 e. The van der Waals surface area contributed by atoms with Gasteiger partial charge in [-0.1, -0.05) is 18.5 Å². The van der Waals surface area contributed by atoms with Crippen LogP contribution in [-0.4, -0.2) is 24.8 Å². The highest BCUT2D eigenvalue weighted by atomic mass is 35.5. The van der Waals surface area contributed by atoms with E-state index in [-0.39, 0.29) is 18.1 Å². The molecule has 0 fully saturated rings. The van der Waals surface area contributed by atoms with Gasteiger partial charge in [-0.3, -0.25) is 4.79 Å². The fourth-order valence-corrected chi connectivity index (χ4v) is 2.94. The van der Waals surface area contributed by atoms with Gasteiger partial charge in [0.15, 0.2) is 0 Å². The predicted molar refractivity (Wildman–Crippen MR) is 94.6 cm³/mol. The molecule has 4 nitrogen and oxygen atoms in total. The zero-order valence-corrected chi connectivity index (χ0v) is 13.8. The number of aliphatic hydroxyl groups is 1. The summed E-state index contributed by atoms with van der Waals surface area (Å²) in [5, 5.41) is 10.9. The van der Waals surface area contributed by atoms with E-state index in [1.165, 1.54) is 0 Å². The number of hydrogen-bond donors (Lipinski definition) is 1. The fourth-order valence-electron chi connectivity index (χ4n) is 2.77. The van der Waals surface area contributed by atoms with Gasteiger partial charge in [-0.2, -0.15) is 0 Å². The van der Waals surface area contributed by atoms with E-state index in [4.69, 9.17) is 16.0 Å². The molecule has 1 atom stereocenters. The van der Waals surface area contributed by atoms with Crippen LogP contribution in [0.1, 0.15) is 13.3 Å². The first-order valence-corrected chi connectivity index (χ1v) is 7.92. The summed E-state index contributed by atoms with van der Waals surface area (Å²) < 4.78 is 5.80. The predicted octanol–water partition coefficient (Wildman–Crippen LogP) is 3.81. The molecular weight excluding hydrogens is 314 g/mol. The molecule has 2 aromatic carbocycles. The Morgan fingerprint density at radius 2 is 1.83 bits per heavy atom. The molecule has 1 N–H and O–H groups in total. The SMILES string of the molecule is CC[C@@H](CO)N(C)c1ccc2oc3ccc(Cl)cc3c(=O)c2c1. The van der Waals surface area contributed by atoms with Crippen molar-refractivity contribution in [3.8, 4) is 0 Å². The minimum absolute atomic E-state index is 0.00870. The first kappa shape index (κ1) is 15.8.